The Morgan fingerprint density at radius 2 is 1.81 bits per heavy atom. The molecule has 0 aliphatic rings. The number of aromatic nitrogens is 2. The molecule has 0 spiro atoms. The van der Waals surface area contributed by atoms with E-state index in [4.69, 9.17) is 5.84 Å². The van der Waals surface area contributed by atoms with Gasteiger partial charge in [-0.3, -0.25) is 4.98 Å². The minimum atomic E-state index is 0.168. The number of hydrogen-bond acceptors (Lipinski definition) is 4. The zero-order valence-electron chi connectivity index (χ0n) is 9.09. The summed E-state index contributed by atoms with van der Waals surface area (Å²) >= 11 is 0. The first-order valence-corrected chi connectivity index (χ1v) is 5.15. The van der Waals surface area contributed by atoms with Crippen molar-refractivity contribution >= 4 is 5.82 Å². The molecule has 1 atom stereocenters. The molecule has 0 fully saturated rings. The molecule has 0 amide bonds. The molecule has 0 aliphatic heterocycles. The molecule has 2 rings (SSSR count). The van der Waals surface area contributed by atoms with Crippen molar-refractivity contribution in [1.29, 1.82) is 0 Å². The van der Waals surface area contributed by atoms with E-state index in [1.165, 1.54) is 5.56 Å². The number of hydrogen-bond donors (Lipinski definition) is 2. The van der Waals surface area contributed by atoms with Crippen molar-refractivity contribution in [3.8, 4) is 0 Å². The molecule has 3 N–H and O–H groups in total. The Bertz CT molecular complexity index is 456. The predicted octanol–water partition coefficient (Wildman–Crippen LogP) is 1.91. The van der Waals surface area contributed by atoms with Gasteiger partial charge < -0.3 is 5.43 Å². The van der Waals surface area contributed by atoms with Crippen LogP contribution in [0.15, 0.2) is 42.7 Å². The van der Waals surface area contributed by atoms with Crippen LogP contribution in [-0.2, 0) is 0 Å². The second-order valence-corrected chi connectivity index (χ2v) is 3.57. The predicted molar refractivity (Wildman–Crippen MR) is 63.8 cm³/mol. The maximum Gasteiger partial charge on any atom is 0.162 e. The number of nitrogens with zero attached hydrogens (tertiary/aromatic N) is 2. The van der Waals surface area contributed by atoms with E-state index in [0.717, 1.165) is 5.69 Å². The van der Waals surface area contributed by atoms with Crippen LogP contribution in [0.1, 0.15) is 24.1 Å². The number of anilines is 1. The van der Waals surface area contributed by atoms with E-state index in [1.807, 2.05) is 18.2 Å². The standard InChI is InChI=1S/C12H14N4/c1-9(10-5-3-2-4-6-10)11-12(16-13)15-8-7-14-11/h2-9H,13H2,1H3,(H,15,16). The summed E-state index contributed by atoms with van der Waals surface area (Å²) in [4.78, 5) is 8.47. The monoisotopic (exact) mass is 214 g/mol. The molecular weight excluding hydrogens is 200 g/mol. The Morgan fingerprint density at radius 1 is 1.12 bits per heavy atom. The quantitative estimate of drug-likeness (QED) is 0.605. The molecule has 0 bridgehead atoms. The van der Waals surface area contributed by atoms with Gasteiger partial charge >= 0.3 is 0 Å². The van der Waals surface area contributed by atoms with Gasteiger partial charge in [0.15, 0.2) is 5.82 Å². The summed E-state index contributed by atoms with van der Waals surface area (Å²) in [7, 11) is 0. The van der Waals surface area contributed by atoms with Crippen LogP contribution in [0.4, 0.5) is 5.82 Å². The van der Waals surface area contributed by atoms with Crippen molar-refractivity contribution in [2.75, 3.05) is 5.43 Å². The number of nitrogens with one attached hydrogen (secondary N) is 1. The van der Waals surface area contributed by atoms with E-state index >= 15 is 0 Å². The summed E-state index contributed by atoms with van der Waals surface area (Å²) in [5, 5.41) is 0. The van der Waals surface area contributed by atoms with E-state index in [-0.39, 0.29) is 5.92 Å². The number of nitrogen functional groups attached to an aromatic ring is 1. The molecule has 1 aromatic carbocycles. The highest BCUT2D eigenvalue weighted by Gasteiger charge is 2.13. The van der Waals surface area contributed by atoms with Crippen LogP contribution in [0.5, 0.6) is 0 Å². The lowest BCUT2D eigenvalue weighted by Crippen LogP contribution is -2.13. The van der Waals surface area contributed by atoms with Gasteiger partial charge in [-0.1, -0.05) is 37.3 Å². The van der Waals surface area contributed by atoms with Crippen LogP contribution < -0.4 is 11.3 Å². The van der Waals surface area contributed by atoms with Gasteiger partial charge in [0.05, 0.1) is 5.69 Å². The maximum atomic E-state index is 5.41. The van der Waals surface area contributed by atoms with Crippen molar-refractivity contribution in [3.05, 3.63) is 54.0 Å². The minimum absolute atomic E-state index is 0.168. The fourth-order valence-electron chi connectivity index (χ4n) is 1.68. The molecular formula is C12H14N4. The summed E-state index contributed by atoms with van der Waals surface area (Å²) < 4.78 is 0. The first-order valence-electron chi connectivity index (χ1n) is 5.15. The first kappa shape index (κ1) is 10.6. The zero-order chi connectivity index (χ0) is 11.4. The number of rotatable bonds is 3. The highest BCUT2D eigenvalue weighted by atomic mass is 15.3. The molecule has 0 aliphatic carbocycles. The van der Waals surface area contributed by atoms with Gasteiger partial charge in [0, 0.05) is 18.3 Å². The van der Waals surface area contributed by atoms with E-state index < -0.39 is 0 Å². The van der Waals surface area contributed by atoms with E-state index in [1.54, 1.807) is 12.4 Å². The Balaban J connectivity index is 2.37. The normalized spacial score (nSPS) is 12.1. The number of benzene rings is 1. The Morgan fingerprint density at radius 3 is 2.50 bits per heavy atom. The maximum absolute atomic E-state index is 5.41. The summed E-state index contributed by atoms with van der Waals surface area (Å²) in [5.74, 6) is 6.21. The average Bonchev–Trinajstić information content (AvgIpc) is 2.39. The van der Waals surface area contributed by atoms with Crippen LogP contribution in [0, 0.1) is 0 Å². The zero-order valence-corrected chi connectivity index (χ0v) is 9.09. The van der Waals surface area contributed by atoms with E-state index in [2.05, 4.69) is 34.5 Å². The molecule has 1 aromatic heterocycles. The van der Waals surface area contributed by atoms with Gasteiger partial charge in [0.2, 0.25) is 0 Å². The van der Waals surface area contributed by atoms with Crippen LogP contribution in [0.25, 0.3) is 0 Å². The van der Waals surface area contributed by atoms with Crippen LogP contribution in [0.2, 0.25) is 0 Å². The Kier molecular flexibility index (Phi) is 3.12. The van der Waals surface area contributed by atoms with Crippen molar-refractivity contribution < 1.29 is 0 Å². The van der Waals surface area contributed by atoms with Gasteiger partial charge in [-0.25, -0.2) is 10.8 Å². The summed E-state index contributed by atoms with van der Waals surface area (Å²) in [5.41, 5.74) is 4.62. The lowest BCUT2D eigenvalue weighted by atomic mass is 9.97. The van der Waals surface area contributed by atoms with Gasteiger partial charge in [-0.2, -0.15) is 0 Å². The van der Waals surface area contributed by atoms with Gasteiger partial charge in [0.25, 0.3) is 0 Å². The van der Waals surface area contributed by atoms with Gasteiger partial charge in [-0.15, -0.1) is 0 Å². The lowest BCUT2D eigenvalue weighted by Gasteiger charge is -2.13. The minimum Gasteiger partial charge on any atom is -0.307 e. The highest BCUT2D eigenvalue weighted by Crippen LogP contribution is 2.25. The Labute approximate surface area is 94.5 Å². The topological polar surface area (TPSA) is 63.8 Å². The molecule has 16 heavy (non-hydrogen) atoms. The highest BCUT2D eigenvalue weighted by molar-refractivity contribution is 5.43. The van der Waals surface area contributed by atoms with Crippen molar-refractivity contribution in [1.82, 2.24) is 9.97 Å². The molecule has 1 unspecified atom stereocenters. The fourth-order valence-corrected chi connectivity index (χ4v) is 1.68. The molecule has 0 saturated heterocycles. The van der Waals surface area contributed by atoms with Crippen molar-refractivity contribution in [2.45, 2.75) is 12.8 Å². The van der Waals surface area contributed by atoms with Crippen molar-refractivity contribution in [2.24, 2.45) is 5.84 Å². The molecule has 1 heterocycles. The first-order chi connectivity index (χ1) is 7.83. The third kappa shape index (κ3) is 2.01. The summed E-state index contributed by atoms with van der Waals surface area (Å²) in [6, 6.07) is 10.2. The smallest absolute Gasteiger partial charge is 0.162 e. The third-order valence-electron chi connectivity index (χ3n) is 2.57. The fraction of sp³-hybridized carbons (Fsp3) is 0.167. The SMILES string of the molecule is CC(c1ccccc1)c1nccnc1NN. The number of nitrogens with two attached hydrogens (primary N) is 1. The number of hydrazine groups is 1. The molecule has 4 heteroatoms. The molecule has 4 nitrogen and oxygen atoms in total. The average molecular weight is 214 g/mol. The van der Waals surface area contributed by atoms with Crippen LogP contribution in [-0.4, -0.2) is 9.97 Å². The van der Waals surface area contributed by atoms with Crippen molar-refractivity contribution in [3.63, 3.8) is 0 Å². The summed E-state index contributed by atoms with van der Waals surface area (Å²) in [6.07, 6.45) is 3.30. The van der Waals surface area contributed by atoms with E-state index in [9.17, 15) is 0 Å². The van der Waals surface area contributed by atoms with E-state index in [0.29, 0.717) is 5.82 Å². The second kappa shape index (κ2) is 4.72. The summed E-state index contributed by atoms with van der Waals surface area (Å²) in [6.45, 7) is 2.08. The molecule has 0 radical (unpaired) electrons. The largest absolute Gasteiger partial charge is 0.307 e. The third-order valence-corrected chi connectivity index (χ3v) is 2.57. The lowest BCUT2D eigenvalue weighted by molar-refractivity contribution is 0.858. The van der Waals surface area contributed by atoms with Gasteiger partial charge in [-0.05, 0) is 5.56 Å². The molecule has 82 valence electrons. The van der Waals surface area contributed by atoms with Crippen LogP contribution in [0.3, 0.4) is 0 Å². The molecule has 2 aromatic rings. The molecule has 0 saturated carbocycles. The van der Waals surface area contributed by atoms with Crippen LogP contribution >= 0.6 is 0 Å². The second-order valence-electron chi connectivity index (χ2n) is 3.57. The Hall–Kier alpha value is -1.94. The van der Waals surface area contributed by atoms with Gasteiger partial charge in [0.1, 0.15) is 0 Å².